The molecule has 2 aliphatic rings. The summed E-state index contributed by atoms with van der Waals surface area (Å²) in [5, 5.41) is 0. The number of hydrogen-bond donors (Lipinski definition) is 0. The summed E-state index contributed by atoms with van der Waals surface area (Å²) < 4.78 is 25.5. The van der Waals surface area contributed by atoms with Crippen LogP contribution in [0.15, 0.2) is 103 Å². The van der Waals surface area contributed by atoms with Gasteiger partial charge in [-0.25, -0.2) is 0 Å². The largest absolute Gasteiger partial charge is 0.369 e. The molecule has 0 spiro atoms. The summed E-state index contributed by atoms with van der Waals surface area (Å²) in [5.41, 5.74) is 2.40. The Bertz CT molecular complexity index is 966. The van der Waals surface area contributed by atoms with Gasteiger partial charge in [-0.1, -0.05) is 103 Å². The topological polar surface area (TPSA) is 36.9 Å². The third kappa shape index (κ3) is 4.40. The fourth-order valence-electron chi connectivity index (χ4n) is 4.84. The smallest absolute Gasteiger partial charge is 0.164 e. The van der Waals surface area contributed by atoms with Crippen LogP contribution in [0.4, 0.5) is 0 Å². The molecule has 5 rings (SSSR count). The Balaban J connectivity index is 1.56. The Labute approximate surface area is 195 Å². The number of rotatable bonds is 6. The average Bonchev–Trinajstić information content (AvgIpc) is 3.05. The molecule has 0 unspecified atom stereocenters. The molecule has 0 bridgehead atoms. The van der Waals surface area contributed by atoms with E-state index < -0.39 is 11.4 Å². The van der Waals surface area contributed by atoms with Crippen LogP contribution in [0.25, 0.3) is 0 Å². The van der Waals surface area contributed by atoms with Gasteiger partial charge in [0, 0.05) is 0 Å². The summed E-state index contributed by atoms with van der Waals surface area (Å²) in [6, 6.07) is 31.1. The van der Waals surface area contributed by atoms with Crippen molar-refractivity contribution in [3.63, 3.8) is 0 Å². The van der Waals surface area contributed by atoms with Crippen LogP contribution in [0.2, 0.25) is 0 Å². The van der Waals surface area contributed by atoms with Crippen molar-refractivity contribution in [3.8, 4) is 0 Å². The van der Waals surface area contributed by atoms with Gasteiger partial charge in [0.15, 0.2) is 5.79 Å². The van der Waals surface area contributed by atoms with Crippen molar-refractivity contribution in [1.82, 2.24) is 0 Å². The number of benzene rings is 3. The van der Waals surface area contributed by atoms with Crippen molar-refractivity contribution < 1.29 is 18.9 Å². The van der Waals surface area contributed by atoms with Crippen LogP contribution in [0.1, 0.15) is 30.5 Å². The minimum atomic E-state index is -0.794. The summed E-state index contributed by atoms with van der Waals surface area (Å²) in [4.78, 5) is 0. The molecule has 4 nitrogen and oxygen atoms in total. The Hall–Kier alpha value is -2.76. The lowest BCUT2D eigenvalue weighted by molar-refractivity contribution is -0.167. The van der Waals surface area contributed by atoms with E-state index in [1.54, 1.807) is 0 Å². The summed E-state index contributed by atoms with van der Waals surface area (Å²) in [5.74, 6) is -0.659. The van der Waals surface area contributed by atoms with Gasteiger partial charge in [-0.15, -0.1) is 0 Å². The number of ether oxygens (including phenoxy) is 4. The maximum atomic E-state index is 6.97. The molecule has 1 fully saturated rings. The highest BCUT2D eigenvalue weighted by atomic mass is 16.8. The fraction of sp³-hybridized carbons (Fsp3) is 0.310. The van der Waals surface area contributed by atoms with Crippen LogP contribution in [0.5, 0.6) is 0 Å². The molecule has 0 N–H and O–H groups in total. The molecule has 0 amide bonds. The van der Waals surface area contributed by atoms with Crippen LogP contribution in [0.3, 0.4) is 0 Å². The molecule has 3 aromatic rings. The molecule has 3 atom stereocenters. The van der Waals surface area contributed by atoms with Gasteiger partial charge in [0.05, 0.1) is 13.2 Å². The molecule has 33 heavy (non-hydrogen) atoms. The van der Waals surface area contributed by atoms with Crippen LogP contribution in [-0.2, 0) is 24.5 Å². The van der Waals surface area contributed by atoms with Gasteiger partial charge in [0.1, 0.15) is 23.9 Å². The molecule has 3 aromatic carbocycles. The summed E-state index contributed by atoms with van der Waals surface area (Å²) >= 11 is 0. The molecule has 2 aliphatic heterocycles. The van der Waals surface area contributed by atoms with E-state index in [9.17, 15) is 0 Å². The highest BCUT2D eigenvalue weighted by Crippen LogP contribution is 2.41. The second kappa shape index (κ2) is 9.24. The minimum absolute atomic E-state index is 0.157. The second-order valence-corrected chi connectivity index (χ2v) is 8.95. The van der Waals surface area contributed by atoms with E-state index in [-0.39, 0.29) is 18.3 Å². The Kier molecular flexibility index (Phi) is 6.17. The van der Waals surface area contributed by atoms with E-state index in [2.05, 4.69) is 72.8 Å². The van der Waals surface area contributed by atoms with Gasteiger partial charge in [0.25, 0.3) is 0 Å². The highest BCUT2D eigenvalue weighted by molar-refractivity contribution is 5.47. The molecule has 1 saturated heterocycles. The van der Waals surface area contributed by atoms with Gasteiger partial charge >= 0.3 is 0 Å². The third-order valence-electron chi connectivity index (χ3n) is 6.27. The normalized spacial score (nSPS) is 24.2. The van der Waals surface area contributed by atoms with Crippen LogP contribution in [0, 0.1) is 0 Å². The lowest BCUT2D eigenvalue weighted by atomic mass is 9.80. The van der Waals surface area contributed by atoms with Crippen molar-refractivity contribution in [3.05, 3.63) is 120 Å². The molecule has 170 valence electrons. The molecule has 0 aromatic heterocycles. The molecule has 0 radical (unpaired) electrons. The van der Waals surface area contributed by atoms with E-state index in [4.69, 9.17) is 18.9 Å². The zero-order valence-electron chi connectivity index (χ0n) is 19.1. The Morgan fingerprint density at radius 1 is 0.788 bits per heavy atom. The highest BCUT2D eigenvalue weighted by Gasteiger charge is 2.47. The van der Waals surface area contributed by atoms with Gasteiger partial charge in [0.2, 0.25) is 0 Å². The van der Waals surface area contributed by atoms with Gasteiger partial charge in [-0.05, 0) is 30.5 Å². The first kappa shape index (κ1) is 22.1. The molecular formula is C29H30O4. The van der Waals surface area contributed by atoms with Crippen molar-refractivity contribution >= 4 is 0 Å². The van der Waals surface area contributed by atoms with Crippen LogP contribution < -0.4 is 0 Å². The summed E-state index contributed by atoms with van der Waals surface area (Å²) in [6.07, 6.45) is 3.37. The quantitative estimate of drug-likeness (QED) is 0.375. The SMILES string of the molecule is CC1(C)O[C@H]2[C@H](C=CCO[C@@H]2COC(c2ccccc2)(c2ccccc2)c2ccccc2)O1. The van der Waals surface area contributed by atoms with Gasteiger partial charge < -0.3 is 18.9 Å². The van der Waals surface area contributed by atoms with E-state index in [1.165, 1.54) is 0 Å². The maximum absolute atomic E-state index is 6.97. The Morgan fingerprint density at radius 2 is 1.30 bits per heavy atom. The van der Waals surface area contributed by atoms with Crippen molar-refractivity contribution in [2.24, 2.45) is 0 Å². The zero-order chi connectivity index (χ0) is 22.7. The van der Waals surface area contributed by atoms with Crippen molar-refractivity contribution in [2.75, 3.05) is 13.2 Å². The summed E-state index contributed by atoms with van der Waals surface area (Å²) in [7, 11) is 0. The lowest BCUT2D eigenvalue weighted by Gasteiger charge is -2.37. The van der Waals surface area contributed by atoms with Crippen molar-refractivity contribution in [2.45, 2.75) is 43.5 Å². The monoisotopic (exact) mass is 442 g/mol. The van der Waals surface area contributed by atoms with Crippen LogP contribution >= 0.6 is 0 Å². The molecule has 2 heterocycles. The minimum Gasteiger partial charge on any atom is -0.369 e. The molecular weight excluding hydrogens is 412 g/mol. The third-order valence-corrected chi connectivity index (χ3v) is 6.27. The summed E-state index contributed by atoms with van der Waals surface area (Å²) in [6.45, 7) is 4.73. The fourth-order valence-corrected chi connectivity index (χ4v) is 4.84. The van der Waals surface area contributed by atoms with Gasteiger partial charge in [-0.2, -0.15) is 0 Å². The molecule has 0 aliphatic carbocycles. The zero-order valence-corrected chi connectivity index (χ0v) is 19.1. The van der Waals surface area contributed by atoms with E-state index >= 15 is 0 Å². The second-order valence-electron chi connectivity index (χ2n) is 8.95. The van der Waals surface area contributed by atoms with E-state index in [1.807, 2.05) is 44.2 Å². The van der Waals surface area contributed by atoms with Gasteiger partial charge in [-0.3, -0.25) is 0 Å². The first-order valence-corrected chi connectivity index (χ1v) is 11.5. The average molecular weight is 443 g/mol. The number of hydrogen-bond acceptors (Lipinski definition) is 4. The first-order chi connectivity index (χ1) is 16.1. The van der Waals surface area contributed by atoms with E-state index in [0.717, 1.165) is 16.7 Å². The maximum Gasteiger partial charge on any atom is 0.164 e. The Morgan fingerprint density at radius 3 is 1.82 bits per heavy atom. The number of fused-ring (bicyclic) bond motifs is 1. The van der Waals surface area contributed by atoms with Crippen molar-refractivity contribution in [1.29, 1.82) is 0 Å². The lowest BCUT2D eigenvalue weighted by Crippen LogP contribution is -2.43. The predicted molar refractivity (Wildman–Crippen MR) is 128 cm³/mol. The molecule has 4 heteroatoms. The standard InChI is InChI=1S/C29H30O4/c1-28(2)32-25-19-12-20-30-26(27(25)33-28)21-31-29(22-13-6-3-7-14-22,23-15-8-4-9-16-23)24-17-10-5-11-18-24/h3-19,25-27H,20-21H2,1-2H3/t25-,26+,27-/m0/s1. The first-order valence-electron chi connectivity index (χ1n) is 11.5. The predicted octanol–water partition coefficient (Wildman–Crippen LogP) is 5.47. The van der Waals surface area contributed by atoms with E-state index in [0.29, 0.717) is 13.2 Å². The molecule has 0 saturated carbocycles. The van der Waals surface area contributed by atoms with Crippen LogP contribution in [-0.4, -0.2) is 37.3 Å².